The number of benzene rings is 1. The van der Waals surface area contributed by atoms with Crippen LogP contribution in [0.3, 0.4) is 0 Å². The van der Waals surface area contributed by atoms with Crippen molar-refractivity contribution in [3.05, 3.63) is 62.7 Å². The molecule has 1 aromatic rings. The summed E-state index contributed by atoms with van der Waals surface area (Å²) in [5, 5.41) is 14.9. The summed E-state index contributed by atoms with van der Waals surface area (Å²) >= 11 is 0. The number of nitro groups is 1. The van der Waals surface area contributed by atoms with Crippen molar-refractivity contribution in [2.45, 2.75) is 33.1 Å². The molecule has 2 aliphatic heterocycles. The summed E-state index contributed by atoms with van der Waals surface area (Å²) in [6, 6.07) is 6.39. The average Bonchev–Trinajstić information content (AvgIpc) is 2.61. The van der Waals surface area contributed by atoms with Crippen LogP contribution in [0.2, 0.25) is 0 Å². The molecule has 2 aliphatic rings. The van der Waals surface area contributed by atoms with Gasteiger partial charge in [-0.3, -0.25) is 14.7 Å². The molecule has 0 radical (unpaired) electrons. The number of rotatable bonds is 4. The number of non-ortho nitro benzene ring substituents is 1. The Balaban J connectivity index is 2.02. The highest BCUT2D eigenvalue weighted by molar-refractivity contribution is 7.58. The zero-order chi connectivity index (χ0) is 18.9. The molecule has 0 bridgehead atoms. The van der Waals surface area contributed by atoms with Gasteiger partial charge in [0.05, 0.1) is 23.5 Å². The van der Waals surface area contributed by atoms with Crippen molar-refractivity contribution in [3.63, 3.8) is 0 Å². The monoisotopic (exact) mass is 378 g/mol. The molecular weight excluding hydrogens is 355 g/mol. The summed E-state index contributed by atoms with van der Waals surface area (Å²) in [6.07, 6.45) is 2.79. The van der Waals surface area contributed by atoms with E-state index in [1.54, 1.807) is 12.1 Å². The molecule has 1 N–H and O–H groups in total. The second-order valence-electron chi connectivity index (χ2n) is 6.68. The van der Waals surface area contributed by atoms with Gasteiger partial charge in [-0.05, 0) is 25.8 Å². The first-order valence-corrected chi connectivity index (χ1v) is 10.2. The number of hydrogen-bond acceptors (Lipinski definition) is 6. The van der Waals surface area contributed by atoms with Gasteiger partial charge in [-0.2, -0.15) is 0 Å². The molecule has 7 nitrogen and oxygen atoms in total. The van der Waals surface area contributed by atoms with Crippen LogP contribution in [0.4, 0.5) is 5.69 Å². The highest BCUT2D eigenvalue weighted by atomic mass is 31.2. The Morgan fingerprint density at radius 2 is 2.00 bits per heavy atom. The van der Waals surface area contributed by atoms with Gasteiger partial charge >= 0.3 is 7.60 Å². The summed E-state index contributed by atoms with van der Waals surface area (Å²) in [7, 11) is -3.48. The van der Waals surface area contributed by atoms with Crippen molar-refractivity contribution in [2.24, 2.45) is 5.92 Å². The quantitative estimate of drug-likeness (QED) is 0.465. The normalized spacial score (nSPS) is 29.1. The van der Waals surface area contributed by atoms with Gasteiger partial charge in [-0.1, -0.05) is 25.1 Å². The zero-order valence-electron chi connectivity index (χ0n) is 15.1. The summed E-state index contributed by atoms with van der Waals surface area (Å²) < 4.78 is 24.9. The van der Waals surface area contributed by atoms with Crippen LogP contribution in [0.15, 0.2) is 47.0 Å². The fraction of sp³-hybridized carbons (Fsp3) is 0.444. The fourth-order valence-corrected chi connectivity index (χ4v) is 5.49. The van der Waals surface area contributed by atoms with E-state index in [1.165, 1.54) is 12.1 Å². The molecule has 1 atom stereocenters. The predicted octanol–water partition coefficient (Wildman–Crippen LogP) is 4.68. The van der Waals surface area contributed by atoms with E-state index in [4.69, 9.17) is 9.05 Å². The smallest absolute Gasteiger partial charge is 0.360 e. The summed E-state index contributed by atoms with van der Waals surface area (Å²) in [4.78, 5) is 10.7. The molecule has 1 fully saturated rings. The second kappa shape index (κ2) is 7.35. The second-order valence-corrected chi connectivity index (χ2v) is 8.67. The first kappa shape index (κ1) is 18.8. The highest BCUT2D eigenvalue weighted by Gasteiger charge is 2.42. The van der Waals surface area contributed by atoms with E-state index in [0.717, 1.165) is 12.1 Å². The lowest BCUT2D eigenvalue weighted by Gasteiger charge is -2.35. The standard InChI is InChI=1S/C18H23N2O5P/c1-4-14-10-24-26(23,25-11-14)18-13(3)19-12(2)8-17(18)15-6-5-7-16(9-15)20(21)22/h5-9,14,17,19H,4,10-11H2,1-3H3. The Kier molecular flexibility index (Phi) is 5.32. The van der Waals surface area contributed by atoms with Crippen LogP contribution >= 0.6 is 7.60 Å². The van der Waals surface area contributed by atoms with Crippen LogP contribution in [0.1, 0.15) is 38.7 Å². The maximum Gasteiger partial charge on any atom is 0.360 e. The summed E-state index contributed by atoms with van der Waals surface area (Å²) in [5.74, 6) is -0.178. The third kappa shape index (κ3) is 3.61. The Labute approximate surface area is 152 Å². The minimum Gasteiger partial charge on any atom is -0.362 e. The molecule has 8 heteroatoms. The molecule has 1 saturated heterocycles. The minimum absolute atomic E-state index is 0.00102. The van der Waals surface area contributed by atoms with Gasteiger partial charge < -0.3 is 14.4 Å². The molecule has 0 spiro atoms. The number of dihydropyridines is 1. The first-order chi connectivity index (χ1) is 12.3. The van der Waals surface area contributed by atoms with Crippen LogP contribution in [-0.4, -0.2) is 18.1 Å². The van der Waals surface area contributed by atoms with E-state index in [-0.39, 0.29) is 11.6 Å². The maximum atomic E-state index is 13.5. The van der Waals surface area contributed by atoms with Gasteiger partial charge in [-0.25, -0.2) is 0 Å². The average molecular weight is 378 g/mol. The molecular formula is C18H23N2O5P. The van der Waals surface area contributed by atoms with Gasteiger partial charge in [0, 0.05) is 35.4 Å². The van der Waals surface area contributed by atoms with E-state index in [0.29, 0.717) is 29.8 Å². The van der Waals surface area contributed by atoms with E-state index < -0.39 is 18.4 Å². The number of allylic oxidation sites excluding steroid dienone is 4. The lowest BCUT2D eigenvalue weighted by molar-refractivity contribution is -0.384. The van der Waals surface area contributed by atoms with E-state index >= 15 is 0 Å². The molecule has 0 saturated carbocycles. The number of hydrogen-bond donors (Lipinski definition) is 1. The third-order valence-electron chi connectivity index (χ3n) is 4.75. The largest absolute Gasteiger partial charge is 0.362 e. The Hall–Kier alpha value is -1.95. The van der Waals surface area contributed by atoms with Gasteiger partial charge in [0.1, 0.15) is 0 Å². The Morgan fingerprint density at radius 3 is 2.62 bits per heavy atom. The van der Waals surface area contributed by atoms with E-state index in [2.05, 4.69) is 5.32 Å². The Bertz CT molecular complexity index is 821. The van der Waals surface area contributed by atoms with Crippen LogP contribution in [0.5, 0.6) is 0 Å². The molecule has 140 valence electrons. The van der Waals surface area contributed by atoms with Crippen LogP contribution in [0, 0.1) is 16.0 Å². The molecule has 0 aliphatic carbocycles. The minimum atomic E-state index is -3.48. The van der Waals surface area contributed by atoms with Crippen molar-refractivity contribution in [3.8, 4) is 0 Å². The SMILES string of the molecule is CCC1COP(=O)(C2=C(C)NC(C)=CC2c2cccc([N+](=O)[O-])c2)OC1. The topological polar surface area (TPSA) is 90.7 Å². The van der Waals surface area contributed by atoms with E-state index in [9.17, 15) is 14.7 Å². The van der Waals surface area contributed by atoms with Gasteiger partial charge in [-0.15, -0.1) is 0 Å². The van der Waals surface area contributed by atoms with Gasteiger partial charge in [0.15, 0.2) is 0 Å². The highest BCUT2D eigenvalue weighted by Crippen LogP contribution is 2.64. The van der Waals surface area contributed by atoms with Crippen molar-refractivity contribution in [1.82, 2.24) is 5.32 Å². The third-order valence-corrected chi connectivity index (χ3v) is 6.93. The lowest BCUT2D eigenvalue weighted by Crippen LogP contribution is -2.26. The van der Waals surface area contributed by atoms with Crippen molar-refractivity contribution in [2.75, 3.05) is 13.2 Å². The fourth-order valence-electron chi connectivity index (χ4n) is 3.29. The first-order valence-electron chi connectivity index (χ1n) is 8.64. The van der Waals surface area contributed by atoms with E-state index in [1.807, 2.05) is 26.8 Å². The lowest BCUT2D eigenvalue weighted by atomic mass is 9.94. The number of nitro benzene ring substituents is 1. The molecule has 26 heavy (non-hydrogen) atoms. The van der Waals surface area contributed by atoms with Gasteiger partial charge in [0.25, 0.3) is 5.69 Å². The molecule has 1 unspecified atom stereocenters. The van der Waals surface area contributed by atoms with Gasteiger partial charge in [0.2, 0.25) is 0 Å². The predicted molar refractivity (Wildman–Crippen MR) is 98.7 cm³/mol. The number of nitrogens with one attached hydrogen (secondary N) is 1. The van der Waals surface area contributed by atoms with Crippen molar-refractivity contribution < 1.29 is 18.5 Å². The Morgan fingerprint density at radius 1 is 1.31 bits per heavy atom. The molecule has 0 aromatic heterocycles. The summed E-state index contributed by atoms with van der Waals surface area (Å²) in [6.45, 7) is 6.53. The van der Waals surface area contributed by atoms with Crippen LogP contribution in [-0.2, 0) is 13.6 Å². The van der Waals surface area contributed by atoms with Crippen molar-refractivity contribution >= 4 is 13.3 Å². The van der Waals surface area contributed by atoms with Crippen LogP contribution < -0.4 is 5.32 Å². The molecule has 3 rings (SSSR count). The maximum absolute atomic E-state index is 13.5. The molecule has 1 aromatic carbocycles. The van der Waals surface area contributed by atoms with Crippen molar-refractivity contribution in [1.29, 1.82) is 0 Å². The molecule has 0 amide bonds. The summed E-state index contributed by atoms with van der Waals surface area (Å²) in [5.41, 5.74) is 2.28. The number of nitrogens with zero attached hydrogens (tertiary/aromatic N) is 1. The zero-order valence-corrected chi connectivity index (χ0v) is 16.0. The van der Waals surface area contributed by atoms with Crippen LogP contribution in [0.25, 0.3) is 0 Å². The molecule has 2 heterocycles.